The van der Waals surface area contributed by atoms with Gasteiger partial charge in [0.2, 0.25) is 5.95 Å². The lowest BCUT2D eigenvalue weighted by Crippen LogP contribution is -2.30. The first-order chi connectivity index (χ1) is 18.5. The van der Waals surface area contributed by atoms with Crippen molar-refractivity contribution in [2.45, 2.75) is 37.8 Å². The number of H-pyrrole nitrogens is 1. The molecule has 11 nitrogen and oxygen atoms in total. The number of hydrogen-bond donors (Lipinski definition) is 4. The van der Waals surface area contributed by atoms with Gasteiger partial charge in [-0.1, -0.05) is 0 Å². The van der Waals surface area contributed by atoms with Crippen molar-refractivity contribution in [2.24, 2.45) is 11.1 Å². The highest BCUT2D eigenvalue weighted by atomic mass is 19.1. The molecule has 3 aromatic heterocycles. The molecule has 7 rings (SSSR count). The van der Waals surface area contributed by atoms with Gasteiger partial charge in [-0.05, 0) is 37.8 Å². The molecule has 38 heavy (non-hydrogen) atoms. The maximum atomic E-state index is 14.6. The van der Waals surface area contributed by atoms with Crippen molar-refractivity contribution in [1.82, 2.24) is 24.9 Å². The van der Waals surface area contributed by atoms with Gasteiger partial charge in [-0.15, -0.1) is 0 Å². The van der Waals surface area contributed by atoms with E-state index >= 15 is 0 Å². The average molecular weight is 520 g/mol. The highest BCUT2D eigenvalue weighted by Gasteiger charge is 2.54. The molecule has 1 aromatic carbocycles. The normalized spacial score (nSPS) is 22.0. The van der Waals surface area contributed by atoms with Gasteiger partial charge in [-0.2, -0.15) is 9.97 Å². The minimum Gasteiger partial charge on any atom is -0.421 e. The standard InChI is InChI=1S/C26H30FN9O2/c1-29-18-8-14(27)7-17-20-22(33-21(17)18)34-25(35-23(20)36-12-19(28)26(13-36)4-5-26)38-16-10-31-24(32-11-16)30-9-15-3-2-6-37-15/h7-8,10-11,15,19,29H,2-6,9,12-13,28H2,1H3,(H,30,31,32)(H,33,34,35)/t15?,19-/m0/s1. The van der Waals surface area contributed by atoms with Gasteiger partial charge in [0.05, 0.1) is 35.1 Å². The fourth-order valence-electron chi connectivity index (χ4n) is 5.72. The zero-order chi connectivity index (χ0) is 25.9. The second-order valence-electron chi connectivity index (χ2n) is 10.5. The van der Waals surface area contributed by atoms with Crippen LogP contribution in [0, 0.1) is 11.2 Å². The summed E-state index contributed by atoms with van der Waals surface area (Å²) in [6, 6.07) is 3.19. The van der Waals surface area contributed by atoms with Crippen molar-refractivity contribution < 1.29 is 13.9 Å². The third kappa shape index (κ3) is 4.04. The van der Waals surface area contributed by atoms with Crippen molar-refractivity contribution in [3.8, 4) is 11.8 Å². The van der Waals surface area contributed by atoms with Crippen molar-refractivity contribution in [3.05, 3.63) is 30.3 Å². The summed E-state index contributed by atoms with van der Waals surface area (Å²) in [5.41, 5.74) is 8.61. The number of nitrogens with one attached hydrogen (secondary N) is 3. The summed E-state index contributed by atoms with van der Waals surface area (Å²) >= 11 is 0. The van der Waals surface area contributed by atoms with Crippen LogP contribution in [-0.4, -0.2) is 70.4 Å². The number of halogens is 1. The van der Waals surface area contributed by atoms with Crippen LogP contribution in [0.4, 0.5) is 21.8 Å². The largest absolute Gasteiger partial charge is 0.421 e. The van der Waals surface area contributed by atoms with E-state index in [9.17, 15) is 4.39 Å². The number of rotatable bonds is 7. The number of fused-ring (bicyclic) bond motifs is 3. The lowest BCUT2D eigenvalue weighted by atomic mass is 10.0. The quantitative estimate of drug-likeness (QED) is 0.287. The molecule has 0 amide bonds. The van der Waals surface area contributed by atoms with Crippen LogP contribution in [0.2, 0.25) is 0 Å². The Morgan fingerprint density at radius 2 is 2.11 bits per heavy atom. The number of nitrogens with two attached hydrogens (primary N) is 1. The van der Waals surface area contributed by atoms with Crippen LogP contribution in [0.1, 0.15) is 25.7 Å². The first-order valence-corrected chi connectivity index (χ1v) is 13.1. The van der Waals surface area contributed by atoms with Crippen LogP contribution >= 0.6 is 0 Å². The molecule has 3 fully saturated rings. The molecule has 5 heterocycles. The Labute approximate surface area is 218 Å². The molecular formula is C26H30FN9O2. The maximum Gasteiger partial charge on any atom is 0.326 e. The number of nitrogens with zero attached hydrogens (tertiary/aromatic N) is 5. The molecule has 0 bridgehead atoms. The third-order valence-electron chi connectivity index (χ3n) is 8.00. The number of benzene rings is 1. The molecule has 1 spiro atoms. The van der Waals surface area contributed by atoms with Crippen LogP contribution < -0.4 is 26.0 Å². The van der Waals surface area contributed by atoms with Crippen LogP contribution in [0.3, 0.4) is 0 Å². The molecular weight excluding hydrogens is 489 g/mol. The summed E-state index contributed by atoms with van der Waals surface area (Å²) in [6.45, 7) is 2.94. The minimum atomic E-state index is -0.337. The Kier molecular flexibility index (Phi) is 5.48. The highest BCUT2D eigenvalue weighted by Crippen LogP contribution is 2.53. The number of aromatic nitrogens is 5. The highest BCUT2D eigenvalue weighted by molar-refractivity contribution is 6.14. The molecule has 12 heteroatoms. The van der Waals surface area contributed by atoms with E-state index in [1.54, 1.807) is 19.4 Å². The maximum absolute atomic E-state index is 14.6. The molecule has 5 N–H and O–H groups in total. The SMILES string of the molecule is CNc1cc(F)cc2c1[nH]c1nc(Oc3cnc(NCC4CCCO4)nc3)nc(N3C[C@H](N)C4(CC4)C3)c12. The van der Waals surface area contributed by atoms with Crippen molar-refractivity contribution in [2.75, 3.05) is 48.8 Å². The Morgan fingerprint density at radius 3 is 2.82 bits per heavy atom. The second kappa shape index (κ2) is 8.91. The van der Waals surface area contributed by atoms with E-state index in [-0.39, 0.29) is 29.4 Å². The third-order valence-corrected chi connectivity index (χ3v) is 8.00. The number of hydrogen-bond acceptors (Lipinski definition) is 10. The Bertz CT molecular complexity index is 1500. The number of anilines is 3. The molecule has 2 saturated heterocycles. The molecule has 1 saturated carbocycles. The van der Waals surface area contributed by atoms with Gasteiger partial charge in [0.15, 0.2) is 5.75 Å². The van der Waals surface area contributed by atoms with Gasteiger partial charge < -0.3 is 35.7 Å². The van der Waals surface area contributed by atoms with Gasteiger partial charge in [-0.3, -0.25) is 0 Å². The van der Waals surface area contributed by atoms with Crippen molar-refractivity contribution >= 4 is 39.4 Å². The van der Waals surface area contributed by atoms with E-state index in [4.69, 9.17) is 20.2 Å². The lowest BCUT2D eigenvalue weighted by Gasteiger charge is -2.19. The Balaban J connectivity index is 1.23. The van der Waals surface area contributed by atoms with E-state index < -0.39 is 0 Å². The van der Waals surface area contributed by atoms with Crippen LogP contribution in [0.25, 0.3) is 21.9 Å². The van der Waals surface area contributed by atoms with E-state index in [0.29, 0.717) is 47.3 Å². The fraction of sp³-hybridized carbons (Fsp3) is 0.462. The first kappa shape index (κ1) is 23.4. The van der Waals surface area contributed by atoms with E-state index in [1.807, 2.05) is 0 Å². The predicted molar refractivity (Wildman–Crippen MR) is 142 cm³/mol. The number of ether oxygens (including phenoxy) is 2. The molecule has 4 aromatic rings. The van der Waals surface area contributed by atoms with Crippen LogP contribution in [0.15, 0.2) is 24.5 Å². The molecule has 1 unspecified atom stereocenters. The van der Waals surface area contributed by atoms with Gasteiger partial charge in [0.1, 0.15) is 17.3 Å². The summed E-state index contributed by atoms with van der Waals surface area (Å²) in [4.78, 5) is 23.7. The van der Waals surface area contributed by atoms with Gasteiger partial charge >= 0.3 is 6.01 Å². The zero-order valence-electron chi connectivity index (χ0n) is 21.1. The molecule has 1 aliphatic carbocycles. The minimum absolute atomic E-state index is 0.0646. The van der Waals surface area contributed by atoms with Gasteiger partial charge in [0.25, 0.3) is 0 Å². The summed E-state index contributed by atoms with van der Waals surface area (Å²) in [7, 11) is 1.76. The Hall–Kier alpha value is -3.77. The van der Waals surface area contributed by atoms with E-state index in [2.05, 4.69) is 35.5 Å². The summed E-state index contributed by atoms with van der Waals surface area (Å²) < 4.78 is 26.2. The van der Waals surface area contributed by atoms with Crippen LogP contribution in [0.5, 0.6) is 11.8 Å². The summed E-state index contributed by atoms with van der Waals surface area (Å²) in [5, 5.41) is 7.72. The van der Waals surface area contributed by atoms with Crippen LogP contribution in [-0.2, 0) is 4.74 Å². The predicted octanol–water partition coefficient (Wildman–Crippen LogP) is 3.39. The van der Waals surface area contributed by atoms with Gasteiger partial charge in [-0.25, -0.2) is 14.4 Å². The molecule has 0 radical (unpaired) electrons. The number of aromatic amines is 1. The zero-order valence-corrected chi connectivity index (χ0v) is 21.1. The molecule has 2 atom stereocenters. The topological polar surface area (TPSA) is 139 Å². The smallest absolute Gasteiger partial charge is 0.326 e. The van der Waals surface area contributed by atoms with Crippen molar-refractivity contribution in [1.29, 1.82) is 0 Å². The fourth-order valence-corrected chi connectivity index (χ4v) is 5.72. The Morgan fingerprint density at radius 1 is 1.26 bits per heavy atom. The lowest BCUT2D eigenvalue weighted by molar-refractivity contribution is 0.120. The first-order valence-electron chi connectivity index (χ1n) is 13.1. The summed E-state index contributed by atoms with van der Waals surface area (Å²) in [5.74, 6) is 1.26. The monoisotopic (exact) mass is 519 g/mol. The van der Waals surface area contributed by atoms with Gasteiger partial charge in [0, 0.05) is 50.1 Å². The summed E-state index contributed by atoms with van der Waals surface area (Å²) in [6.07, 6.45) is 7.70. The molecule has 3 aliphatic rings. The average Bonchev–Trinajstić information content (AvgIpc) is 3.22. The van der Waals surface area contributed by atoms with E-state index in [1.165, 1.54) is 12.1 Å². The second-order valence-corrected chi connectivity index (χ2v) is 10.5. The van der Waals surface area contributed by atoms with Crippen molar-refractivity contribution in [3.63, 3.8) is 0 Å². The molecule has 198 valence electrons. The molecule has 2 aliphatic heterocycles. The van der Waals surface area contributed by atoms with E-state index in [0.717, 1.165) is 49.7 Å².